The van der Waals surface area contributed by atoms with Gasteiger partial charge in [0.25, 0.3) is 11.8 Å². The summed E-state index contributed by atoms with van der Waals surface area (Å²) in [5.74, 6) is -1.05. The quantitative estimate of drug-likeness (QED) is 0.160. The van der Waals surface area contributed by atoms with Crippen LogP contribution in [0.3, 0.4) is 0 Å². The molecule has 11 heteroatoms. The normalized spacial score (nSPS) is 12.8. The first-order valence-corrected chi connectivity index (χ1v) is 12.9. The van der Waals surface area contributed by atoms with Gasteiger partial charge < -0.3 is 20.1 Å². The number of fused-ring (bicyclic) bond motifs is 1. The van der Waals surface area contributed by atoms with Crippen molar-refractivity contribution in [2.45, 2.75) is 18.9 Å². The van der Waals surface area contributed by atoms with Gasteiger partial charge in [0.05, 0.1) is 31.8 Å². The number of imide groups is 1. The van der Waals surface area contributed by atoms with E-state index < -0.39 is 29.7 Å². The zero-order chi connectivity index (χ0) is 29.4. The van der Waals surface area contributed by atoms with Gasteiger partial charge >= 0.3 is 0 Å². The van der Waals surface area contributed by atoms with Crippen LogP contribution in [0, 0.1) is 5.41 Å². The number of nitrogens with zero attached hydrogens (tertiary/aromatic N) is 1. The van der Waals surface area contributed by atoms with Crippen LogP contribution in [0.15, 0.2) is 72.8 Å². The summed E-state index contributed by atoms with van der Waals surface area (Å²) >= 11 is 0. The number of hydrogen-bond donors (Lipinski definition) is 4. The second-order valence-electron chi connectivity index (χ2n) is 9.27. The fourth-order valence-electron chi connectivity index (χ4n) is 4.49. The Morgan fingerprint density at radius 2 is 1.49 bits per heavy atom. The van der Waals surface area contributed by atoms with E-state index in [0.717, 1.165) is 10.5 Å². The van der Waals surface area contributed by atoms with Gasteiger partial charge in [-0.3, -0.25) is 34.8 Å². The molecule has 0 fully saturated rings. The first-order valence-electron chi connectivity index (χ1n) is 12.9. The van der Waals surface area contributed by atoms with Gasteiger partial charge in [-0.1, -0.05) is 48.5 Å². The van der Waals surface area contributed by atoms with Crippen LogP contribution in [-0.4, -0.2) is 67.8 Å². The van der Waals surface area contributed by atoms with Crippen molar-refractivity contribution in [3.8, 4) is 11.5 Å². The minimum atomic E-state index is -0.909. The van der Waals surface area contributed by atoms with Gasteiger partial charge in [-0.2, -0.15) is 0 Å². The number of hydrogen-bond acceptors (Lipinski definition) is 7. The molecule has 212 valence electrons. The Labute approximate surface area is 237 Å². The van der Waals surface area contributed by atoms with Gasteiger partial charge in [0.15, 0.2) is 17.5 Å². The van der Waals surface area contributed by atoms with Crippen LogP contribution in [0.2, 0.25) is 0 Å². The molecule has 1 heterocycles. The number of benzene rings is 3. The molecule has 11 nitrogen and oxygen atoms in total. The van der Waals surface area contributed by atoms with Crippen LogP contribution in [0.1, 0.15) is 31.8 Å². The first-order chi connectivity index (χ1) is 19.8. The van der Waals surface area contributed by atoms with E-state index in [1.54, 1.807) is 42.5 Å². The van der Waals surface area contributed by atoms with Crippen LogP contribution in [0.25, 0.3) is 0 Å². The standard InChI is InChI=1S/C30H31N5O6/c1-40-24-13-12-20(17-25(24)41-2)18-26(36)34-30(31)33-23(16-19-8-4-3-5-9-19)27(37)32-14-15-35-28(38)21-10-6-7-11-22(21)29(35)39/h3-13,17,23H,14-16,18H2,1-2H3,(H,32,37)(H3,31,33,34,36)/t23-/m0/s1. The molecule has 0 spiro atoms. The fraction of sp³-hybridized carbons (Fsp3) is 0.233. The van der Waals surface area contributed by atoms with E-state index >= 15 is 0 Å². The fourth-order valence-corrected chi connectivity index (χ4v) is 4.49. The lowest BCUT2D eigenvalue weighted by Gasteiger charge is -2.21. The maximum atomic E-state index is 13.1. The maximum Gasteiger partial charge on any atom is 0.261 e. The number of carbonyl (C=O) groups is 4. The molecule has 1 atom stereocenters. The van der Waals surface area contributed by atoms with Crippen molar-refractivity contribution in [2.24, 2.45) is 0 Å². The molecule has 3 aromatic carbocycles. The monoisotopic (exact) mass is 557 g/mol. The highest BCUT2D eigenvalue weighted by Gasteiger charge is 2.34. The molecular formula is C30H31N5O6. The molecule has 41 heavy (non-hydrogen) atoms. The van der Waals surface area contributed by atoms with E-state index in [1.165, 1.54) is 14.2 Å². The van der Waals surface area contributed by atoms with Gasteiger partial charge in [-0.15, -0.1) is 0 Å². The summed E-state index contributed by atoms with van der Waals surface area (Å²) in [6.07, 6.45) is 0.202. The van der Waals surface area contributed by atoms with E-state index in [2.05, 4.69) is 16.0 Å². The van der Waals surface area contributed by atoms with Crippen LogP contribution >= 0.6 is 0 Å². The second-order valence-corrected chi connectivity index (χ2v) is 9.27. The van der Waals surface area contributed by atoms with Gasteiger partial charge in [-0.05, 0) is 35.4 Å². The van der Waals surface area contributed by atoms with Crippen LogP contribution in [0.5, 0.6) is 11.5 Å². The summed E-state index contributed by atoms with van der Waals surface area (Å²) in [6.45, 7) is 0.0198. The van der Waals surface area contributed by atoms with Crippen molar-refractivity contribution in [1.82, 2.24) is 20.9 Å². The summed E-state index contributed by atoms with van der Waals surface area (Å²) < 4.78 is 10.5. The average Bonchev–Trinajstić information content (AvgIpc) is 3.22. The Morgan fingerprint density at radius 1 is 0.854 bits per heavy atom. The zero-order valence-electron chi connectivity index (χ0n) is 22.7. The van der Waals surface area contributed by atoms with Crippen LogP contribution < -0.4 is 25.4 Å². The third-order valence-corrected chi connectivity index (χ3v) is 6.51. The number of amides is 4. The number of methoxy groups -OCH3 is 2. The smallest absolute Gasteiger partial charge is 0.261 e. The van der Waals surface area contributed by atoms with Gasteiger partial charge in [0.2, 0.25) is 11.8 Å². The van der Waals surface area contributed by atoms with E-state index in [4.69, 9.17) is 14.9 Å². The predicted molar refractivity (Wildman–Crippen MR) is 151 cm³/mol. The third-order valence-electron chi connectivity index (χ3n) is 6.51. The highest BCUT2D eigenvalue weighted by Crippen LogP contribution is 2.27. The van der Waals surface area contributed by atoms with Crippen molar-refractivity contribution in [2.75, 3.05) is 27.3 Å². The van der Waals surface area contributed by atoms with Crippen LogP contribution in [-0.2, 0) is 22.4 Å². The van der Waals surface area contributed by atoms with E-state index in [0.29, 0.717) is 28.2 Å². The zero-order valence-corrected chi connectivity index (χ0v) is 22.7. The first kappa shape index (κ1) is 28.8. The number of nitrogens with one attached hydrogen (secondary N) is 4. The summed E-state index contributed by atoms with van der Waals surface area (Å²) in [7, 11) is 3.02. The Kier molecular flexibility index (Phi) is 9.31. The number of guanidine groups is 1. The molecule has 4 amide bonds. The van der Waals surface area contributed by atoms with Crippen molar-refractivity contribution in [3.05, 3.63) is 95.1 Å². The van der Waals surface area contributed by atoms with Crippen molar-refractivity contribution in [3.63, 3.8) is 0 Å². The van der Waals surface area contributed by atoms with Crippen molar-refractivity contribution >= 4 is 29.6 Å². The van der Waals surface area contributed by atoms with Gasteiger partial charge in [-0.25, -0.2) is 0 Å². The minimum absolute atomic E-state index is 0.00432. The summed E-state index contributed by atoms with van der Waals surface area (Å²) in [5.41, 5.74) is 2.17. The number of rotatable bonds is 11. The average molecular weight is 558 g/mol. The third kappa shape index (κ3) is 7.07. The molecule has 0 aromatic heterocycles. The molecule has 0 saturated heterocycles. The molecule has 4 rings (SSSR count). The van der Waals surface area contributed by atoms with Gasteiger partial charge in [0.1, 0.15) is 6.04 Å². The lowest BCUT2D eigenvalue weighted by Crippen LogP contribution is -2.53. The summed E-state index contributed by atoms with van der Waals surface area (Å²) in [6, 6.07) is 20.0. The second kappa shape index (κ2) is 13.2. The SMILES string of the molecule is COc1ccc(CC(=O)NC(=N)N[C@@H](Cc2ccccc2)C(=O)NCCN2C(=O)c3ccccc3C2=O)cc1OC. The van der Waals surface area contributed by atoms with Gasteiger partial charge in [0, 0.05) is 19.5 Å². The van der Waals surface area contributed by atoms with E-state index in [1.807, 2.05) is 30.3 Å². The predicted octanol–water partition coefficient (Wildman–Crippen LogP) is 1.91. The number of ether oxygens (including phenoxy) is 2. The Hall–Kier alpha value is -5.19. The summed E-state index contributed by atoms with van der Waals surface area (Å²) in [5, 5.41) is 16.3. The molecule has 0 unspecified atom stereocenters. The maximum absolute atomic E-state index is 13.1. The molecule has 0 radical (unpaired) electrons. The number of carbonyl (C=O) groups excluding carboxylic acids is 4. The molecule has 3 aromatic rings. The highest BCUT2D eigenvalue weighted by molar-refractivity contribution is 6.21. The molecule has 0 bridgehead atoms. The molecule has 1 aliphatic heterocycles. The molecular weight excluding hydrogens is 526 g/mol. The molecule has 1 aliphatic rings. The Bertz CT molecular complexity index is 1420. The van der Waals surface area contributed by atoms with E-state index in [-0.39, 0.29) is 31.9 Å². The lowest BCUT2D eigenvalue weighted by atomic mass is 10.1. The Morgan fingerprint density at radius 3 is 2.12 bits per heavy atom. The highest BCUT2D eigenvalue weighted by atomic mass is 16.5. The molecule has 4 N–H and O–H groups in total. The largest absolute Gasteiger partial charge is 0.493 e. The van der Waals surface area contributed by atoms with Crippen LogP contribution in [0.4, 0.5) is 0 Å². The van der Waals surface area contributed by atoms with Crippen molar-refractivity contribution < 1.29 is 28.7 Å². The Balaban J connectivity index is 1.35. The minimum Gasteiger partial charge on any atom is -0.493 e. The van der Waals surface area contributed by atoms with Crippen molar-refractivity contribution in [1.29, 1.82) is 5.41 Å². The lowest BCUT2D eigenvalue weighted by molar-refractivity contribution is -0.123. The van der Waals surface area contributed by atoms with E-state index in [9.17, 15) is 19.2 Å². The molecule has 0 saturated carbocycles. The summed E-state index contributed by atoms with van der Waals surface area (Å²) in [4.78, 5) is 52.1. The topological polar surface area (TPSA) is 150 Å². The molecule has 0 aliphatic carbocycles.